The summed E-state index contributed by atoms with van der Waals surface area (Å²) in [6.07, 6.45) is 3.39. The van der Waals surface area contributed by atoms with E-state index in [4.69, 9.17) is 4.98 Å². The fourth-order valence-electron chi connectivity index (χ4n) is 4.27. The molecule has 0 aliphatic carbocycles. The van der Waals surface area contributed by atoms with Gasteiger partial charge in [-0.05, 0) is 42.9 Å². The molecule has 0 N–H and O–H groups in total. The van der Waals surface area contributed by atoms with Crippen LogP contribution in [0.2, 0.25) is 0 Å². The SMILES string of the molecule is CCCC(c1nc2cc(Br)ccc2c(=O)n1C)N1C[C@H](C)C[C@H](C)C1. The lowest BCUT2D eigenvalue weighted by molar-refractivity contribution is 0.0841. The highest BCUT2D eigenvalue weighted by Crippen LogP contribution is 2.31. The molecule has 1 saturated heterocycles. The molecule has 2 aromatic rings. The number of likely N-dealkylation sites (tertiary alicyclic amines) is 1. The Labute approximate surface area is 158 Å². The van der Waals surface area contributed by atoms with Gasteiger partial charge in [0, 0.05) is 24.6 Å². The van der Waals surface area contributed by atoms with E-state index in [0.717, 1.165) is 41.7 Å². The monoisotopic (exact) mass is 405 g/mol. The first-order chi connectivity index (χ1) is 11.9. The van der Waals surface area contributed by atoms with E-state index in [0.29, 0.717) is 17.2 Å². The van der Waals surface area contributed by atoms with Crippen molar-refractivity contribution in [3.63, 3.8) is 0 Å². The molecule has 3 atom stereocenters. The van der Waals surface area contributed by atoms with Crippen molar-refractivity contribution in [1.29, 1.82) is 0 Å². The number of fused-ring (bicyclic) bond motifs is 1. The average Bonchev–Trinajstić information content (AvgIpc) is 2.55. The fourth-order valence-corrected chi connectivity index (χ4v) is 4.62. The zero-order chi connectivity index (χ0) is 18.1. The van der Waals surface area contributed by atoms with Crippen molar-refractivity contribution in [1.82, 2.24) is 14.5 Å². The predicted octanol–water partition coefficient (Wildman–Crippen LogP) is 4.52. The van der Waals surface area contributed by atoms with Gasteiger partial charge in [-0.3, -0.25) is 14.3 Å². The van der Waals surface area contributed by atoms with E-state index >= 15 is 0 Å². The Bertz CT molecular complexity index is 806. The minimum Gasteiger partial charge on any atom is -0.298 e. The summed E-state index contributed by atoms with van der Waals surface area (Å²) in [5.74, 6) is 2.28. The summed E-state index contributed by atoms with van der Waals surface area (Å²) in [7, 11) is 1.87. The van der Waals surface area contributed by atoms with E-state index in [-0.39, 0.29) is 11.6 Å². The van der Waals surface area contributed by atoms with Crippen molar-refractivity contribution in [3.05, 3.63) is 38.9 Å². The Hall–Kier alpha value is -1.20. The van der Waals surface area contributed by atoms with Gasteiger partial charge in [0.2, 0.25) is 0 Å². The van der Waals surface area contributed by atoms with Crippen LogP contribution in [0, 0.1) is 11.8 Å². The fraction of sp³-hybridized carbons (Fsp3) is 0.600. The van der Waals surface area contributed by atoms with Crippen molar-refractivity contribution in [3.8, 4) is 0 Å². The Morgan fingerprint density at radius 3 is 2.60 bits per heavy atom. The van der Waals surface area contributed by atoms with Crippen LogP contribution in [0.4, 0.5) is 0 Å². The molecule has 0 amide bonds. The molecule has 25 heavy (non-hydrogen) atoms. The summed E-state index contributed by atoms with van der Waals surface area (Å²) < 4.78 is 2.72. The smallest absolute Gasteiger partial charge is 0.261 e. The van der Waals surface area contributed by atoms with Gasteiger partial charge in [0.05, 0.1) is 16.9 Å². The van der Waals surface area contributed by atoms with Gasteiger partial charge >= 0.3 is 0 Å². The number of piperidine rings is 1. The Morgan fingerprint density at radius 2 is 1.96 bits per heavy atom. The Kier molecular flexibility index (Phi) is 5.64. The van der Waals surface area contributed by atoms with Crippen LogP contribution in [-0.4, -0.2) is 27.5 Å². The van der Waals surface area contributed by atoms with Gasteiger partial charge in [-0.15, -0.1) is 0 Å². The third kappa shape index (κ3) is 3.82. The number of rotatable bonds is 4. The average molecular weight is 406 g/mol. The maximum absolute atomic E-state index is 12.9. The second-order valence-corrected chi connectivity index (χ2v) is 8.62. The first kappa shape index (κ1) is 18.6. The molecule has 3 rings (SSSR count). The highest BCUT2D eigenvalue weighted by molar-refractivity contribution is 9.10. The summed E-state index contributed by atoms with van der Waals surface area (Å²) in [6, 6.07) is 5.92. The summed E-state index contributed by atoms with van der Waals surface area (Å²) in [6.45, 7) is 9.04. The topological polar surface area (TPSA) is 38.1 Å². The van der Waals surface area contributed by atoms with Crippen LogP contribution in [0.3, 0.4) is 0 Å². The van der Waals surface area contributed by atoms with Gasteiger partial charge in [-0.2, -0.15) is 0 Å². The Balaban J connectivity index is 2.09. The number of nitrogens with zero attached hydrogens (tertiary/aromatic N) is 3. The molecular formula is C20H28BrN3O. The van der Waals surface area contributed by atoms with E-state index in [1.54, 1.807) is 4.57 Å². The van der Waals surface area contributed by atoms with E-state index < -0.39 is 0 Å². The summed E-state index contributed by atoms with van der Waals surface area (Å²) in [4.78, 5) is 20.4. The molecule has 0 spiro atoms. The summed E-state index contributed by atoms with van der Waals surface area (Å²) in [5.41, 5.74) is 0.832. The van der Waals surface area contributed by atoms with E-state index in [1.165, 1.54) is 6.42 Å². The second-order valence-electron chi connectivity index (χ2n) is 7.70. The summed E-state index contributed by atoms with van der Waals surface area (Å²) >= 11 is 3.50. The molecule has 4 nitrogen and oxygen atoms in total. The van der Waals surface area contributed by atoms with Crippen LogP contribution in [0.15, 0.2) is 27.5 Å². The molecule has 136 valence electrons. The molecule has 1 aliphatic rings. The van der Waals surface area contributed by atoms with Gasteiger partial charge in [-0.1, -0.05) is 43.1 Å². The van der Waals surface area contributed by atoms with E-state index in [9.17, 15) is 4.79 Å². The van der Waals surface area contributed by atoms with Crippen LogP contribution in [-0.2, 0) is 7.05 Å². The van der Waals surface area contributed by atoms with Gasteiger partial charge in [0.1, 0.15) is 5.82 Å². The van der Waals surface area contributed by atoms with E-state index in [2.05, 4.69) is 41.6 Å². The normalized spacial score (nSPS) is 23.1. The third-order valence-electron chi connectivity index (χ3n) is 5.27. The van der Waals surface area contributed by atoms with Crippen molar-refractivity contribution in [2.24, 2.45) is 18.9 Å². The van der Waals surface area contributed by atoms with Crippen molar-refractivity contribution < 1.29 is 0 Å². The minimum atomic E-state index is 0.0479. The van der Waals surface area contributed by atoms with Gasteiger partial charge in [0.15, 0.2) is 0 Å². The first-order valence-corrected chi connectivity index (χ1v) is 10.1. The highest BCUT2D eigenvalue weighted by Gasteiger charge is 2.30. The quantitative estimate of drug-likeness (QED) is 0.750. The van der Waals surface area contributed by atoms with Crippen molar-refractivity contribution >= 4 is 26.8 Å². The number of hydrogen-bond donors (Lipinski definition) is 0. The molecule has 1 aromatic heterocycles. The maximum Gasteiger partial charge on any atom is 0.261 e. The molecule has 1 unspecified atom stereocenters. The third-order valence-corrected chi connectivity index (χ3v) is 5.76. The lowest BCUT2D eigenvalue weighted by atomic mass is 9.90. The Morgan fingerprint density at radius 1 is 1.28 bits per heavy atom. The van der Waals surface area contributed by atoms with Gasteiger partial charge in [0.25, 0.3) is 5.56 Å². The van der Waals surface area contributed by atoms with Crippen LogP contribution in [0.1, 0.15) is 51.9 Å². The van der Waals surface area contributed by atoms with Crippen LogP contribution in [0.5, 0.6) is 0 Å². The number of hydrogen-bond acceptors (Lipinski definition) is 3. The number of benzene rings is 1. The molecule has 0 saturated carbocycles. The van der Waals surface area contributed by atoms with E-state index in [1.807, 2.05) is 25.2 Å². The highest BCUT2D eigenvalue weighted by atomic mass is 79.9. The zero-order valence-electron chi connectivity index (χ0n) is 15.6. The molecule has 0 radical (unpaired) electrons. The number of aromatic nitrogens is 2. The van der Waals surface area contributed by atoms with Crippen LogP contribution in [0.25, 0.3) is 10.9 Å². The lowest BCUT2D eigenvalue weighted by Gasteiger charge is -2.40. The minimum absolute atomic E-state index is 0.0479. The van der Waals surface area contributed by atoms with Crippen molar-refractivity contribution in [2.75, 3.05) is 13.1 Å². The molecule has 1 aliphatic heterocycles. The molecule has 1 fully saturated rings. The number of halogens is 1. The predicted molar refractivity (Wildman–Crippen MR) is 107 cm³/mol. The summed E-state index contributed by atoms with van der Waals surface area (Å²) in [5, 5.41) is 0.685. The second kappa shape index (κ2) is 7.58. The maximum atomic E-state index is 12.9. The van der Waals surface area contributed by atoms with Gasteiger partial charge < -0.3 is 0 Å². The first-order valence-electron chi connectivity index (χ1n) is 9.31. The lowest BCUT2D eigenvalue weighted by Crippen LogP contribution is -2.43. The molecule has 2 heterocycles. The van der Waals surface area contributed by atoms with Gasteiger partial charge in [-0.25, -0.2) is 4.98 Å². The largest absolute Gasteiger partial charge is 0.298 e. The standard InChI is InChI=1S/C20H28BrN3O/c1-5-6-18(24-11-13(2)9-14(3)12-24)19-22-17-10-15(21)7-8-16(17)20(25)23(19)4/h7-8,10,13-14,18H,5-6,9,11-12H2,1-4H3/t13-,14+,18?. The zero-order valence-corrected chi connectivity index (χ0v) is 17.2. The molecule has 5 heteroatoms. The van der Waals surface area contributed by atoms with Crippen LogP contribution < -0.4 is 5.56 Å². The molecular weight excluding hydrogens is 378 g/mol. The van der Waals surface area contributed by atoms with Crippen LogP contribution >= 0.6 is 15.9 Å². The molecule has 0 bridgehead atoms. The van der Waals surface area contributed by atoms with Crippen molar-refractivity contribution in [2.45, 2.75) is 46.1 Å². The molecule has 1 aromatic carbocycles.